The lowest BCUT2D eigenvalue weighted by Crippen LogP contribution is -2.24. The van der Waals surface area contributed by atoms with Crippen LogP contribution in [0.4, 0.5) is 0 Å². The quantitative estimate of drug-likeness (QED) is 0.818. The highest BCUT2D eigenvalue weighted by Crippen LogP contribution is 2.20. The van der Waals surface area contributed by atoms with E-state index in [1.54, 1.807) is 5.38 Å². The molecule has 1 aromatic heterocycles. The molecule has 0 bridgehead atoms. The number of hydrogen-bond acceptors (Lipinski definition) is 4. The predicted octanol–water partition coefficient (Wildman–Crippen LogP) is 1.56. The summed E-state index contributed by atoms with van der Waals surface area (Å²) in [5.41, 5.74) is 0.634. The van der Waals surface area contributed by atoms with E-state index in [2.05, 4.69) is 4.72 Å². The summed E-state index contributed by atoms with van der Waals surface area (Å²) >= 11 is 1.13. The largest absolute Gasteiger partial charge is 0.392 e. The average Bonchev–Trinajstić information content (AvgIpc) is 2.65. The Morgan fingerprint density at radius 2 is 2.19 bits per heavy atom. The molecule has 0 aliphatic carbocycles. The first-order valence-corrected chi connectivity index (χ1v) is 7.50. The Balaban J connectivity index is 2.63. The van der Waals surface area contributed by atoms with Gasteiger partial charge in [0.1, 0.15) is 4.21 Å². The van der Waals surface area contributed by atoms with Crippen LogP contribution in [0.5, 0.6) is 0 Å². The van der Waals surface area contributed by atoms with Gasteiger partial charge in [0, 0.05) is 6.54 Å². The fraction of sp³-hybridized carbons (Fsp3) is 0.600. The Morgan fingerprint density at radius 3 is 2.69 bits per heavy atom. The molecule has 0 unspecified atom stereocenters. The maximum absolute atomic E-state index is 11.8. The molecule has 0 aromatic carbocycles. The number of aliphatic hydroxyl groups excluding tert-OH is 1. The molecule has 92 valence electrons. The van der Waals surface area contributed by atoms with Crippen molar-refractivity contribution in [2.45, 2.75) is 31.1 Å². The fourth-order valence-corrected chi connectivity index (χ4v) is 3.42. The SMILES string of the molecule is CC(C)CCNS(=O)(=O)c1cc(CO)cs1. The third kappa shape index (κ3) is 3.86. The molecule has 0 atom stereocenters. The van der Waals surface area contributed by atoms with Crippen LogP contribution in [0.3, 0.4) is 0 Å². The molecule has 0 aliphatic rings. The molecule has 0 amide bonds. The van der Waals surface area contributed by atoms with Crippen LogP contribution in [-0.4, -0.2) is 20.1 Å². The highest BCUT2D eigenvalue weighted by molar-refractivity contribution is 7.91. The van der Waals surface area contributed by atoms with Crippen LogP contribution in [0.25, 0.3) is 0 Å². The number of hydrogen-bond donors (Lipinski definition) is 2. The second-order valence-corrected chi connectivity index (χ2v) is 6.92. The van der Waals surface area contributed by atoms with Crippen molar-refractivity contribution in [1.29, 1.82) is 0 Å². The summed E-state index contributed by atoms with van der Waals surface area (Å²) in [6.45, 7) is 4.41. The molecule has 1 rings (SSSR count). The van der Waals surface area contributed by atoms with Crippen LogP contribution in [0.15, 0.2) is 15.7 Å². The van der Waals surface area contributed by atoms with Crippen molar-refractivity contribution < 1.29 is 13.5 Å². The van der Waals surface area contributed by atoms with Gasteiger partial charge in [0.25, 0.3) is 0 Å². The molecule has 0 aliphatic heterocycles. The van der Waals surface area contributed by atoms with Crippen LogP contribution < -0.4 is 4.72 Å². The minimum absolute atomic E-state index is 0.127. The lowest BCUT2D eigenvalue weighted by molar-refractivity contribution is 0.282. The first-order chi connectivity index (χ1) is 7.45. The van der Waals surface area contributed by atoms with Crippen molar-refractivity contribution in [3.8, 4) is 0 Å². The molecule has 6 heteroatoms. The predicted molar refractivity (Wildman–Crippen MR) is 64.9 cm³/mol. The van der Waals surface area contributed by atoms with Gasteiger partial charge in [-0.2, -0.15) is 0 Å². The molecule has 1 heterocycles. The van der Waals surface area contributed by atoms with Gasteiger partial charge >= 0.3 is 0 Å². The molecule has 0 saturated carbocycles. The summed E-state index contributed by atoms with van der Waals surface area (Å²) in [5.74, 6) is 0.471. The zero-order valence-electron chi connectivity index (χ0n) is 9.43. The highest BCUT2D eigenvalue weighted by atomic mass is 32.2. The summed E-state index contributed by atoms with van der Waals surface area (Å²) in [6, 6.07) is 1.50. The fourth-order valence-electron chi connectivity index (χ4n) is 1.13. The van der Waals surface area contributed by atoms with Gasteiger partial charge in [-0.25, -0.2) is 13.1 Å². The van der Waals surface area contributed by atoms with Crippen molar-refractivity contribution in [3.63, 3.8) is 0 Å². The minimum atomic E-state index is -3.39. The normalized spacial score (nSPS) is 12.2. The van der Waals surface area contributed by atoms with Gasteiger partial charge in [-0.15, -0.1) is 11.3 Å². The van der Waals surface area contributed by atoms with Gasteiger partial charge in [0.15, 0.2) is 0 Å². The van der Waals surface area contributed by atoms with E-state index in [4.69, 9.17) is 5.11 Å². The van der Waals surface area contributed by atoms with Crippen molar-refractivity contribution >= 4 is 21.4 Å². The Labute approximate surface area is 100 Å². The molecular weight excluding hydrogens is 246 g/mol. The maximum atomic E-state index is 11.8. The van der Waals surface area contributed by atoms with Crippen LogP contribution in [0.1, 0.15) is 25.8 Å². The molecule has 0 saturated heterocycles. The van der Waals surface area contributed by atoms with Gasteiger partial charge in [-0.05, 0) is 29.3 Å². The smallest absolute Gasteiger partial charge is 0.250 e. The van der Waals surface area contributed by atoms with Gasteiger partial charge in [-0.1, -0.05) is 13.8 Å². The van der Waals surface area contributed by atoms with Gasteiger partial charge < -0.3 is 5.11 Å². The summed E-state index contributed by atoms with van der Waals surface area (Å²) in [7, 11) is -3.39. The zero-order valence-corrected chi connectivity index (χ0v) is 11.1. The standard InChI is InChI=1S/C10H17NO3S2/c1-8(2)3-4-11-16(13,14)10-5-9(6-12)7-15-10/h5,7-8,11-12H,3-4,6H2,1-2H3. The topological polar surface area (TPSA) is 66.4 Å². The molecule has 2 N–H and O–H groups in total. The maximum Gasteiger partial charge on any atom is 0.250 e. The minimum Gasteiger partial charge on any atom is -0.392 e. The second kappa shape index (κ2) is 5.77. The lowest BCUT2D eigenvalue weighted by atomic mass is 10.1. The van der Waals surface area contributed by atoms with E-state index in [0.29, 0.717) is 18.0 Å². The summed E-state index contributed by atoms with van der Waals surface area (Å²) in [5, 5.41) is 10.5. The van der Waals surface area contributed by atoms with Crippen LogP contribution in [-0.2, 0) is 16.6 Å². The van der Waals surface area contributed by atoms with Crippen molar-refractivity contribution in [2.24, 2.45) is 5.92 Å². The lowest BCUT2D eigenvalue weighted by Gasteiger charge is -2.06. The monoisotopic (exact) mass is 263 g/mol. The van der Waals surface area contributed by atoms with E-state index in [1.165, 1.54) is 6.07 Å². The Kier molecular flexibility index (Phi) is 4.91. The average molecular weight is 263 g/mol. The molecule has 0 fully saturated rings. The summed E-state index contributed by atoms with van der Waals surface area (Å²) < 4.78 is 26.3. The van der Waals surface area contributed by atoms with E-state index >= 15 is 0 Å². The van der Waals surface area contributed by atoms with Crippen molar-refractivity contribution in [2.75, 3.05) is 6.54 Å². The summed E-state index contributed by atoms with van der Waals surface area (Å²) in [4.78, 5) is 0. The van der Waals surface area contributed by atoms with E-state index < -0.39 is 10.0 Å². The van der Waals surface area contributed by atoms with Crippen molar-refractivity contribution in [3.05, 3.63) is 17.0 Å². The van der Waals surface area contributed by atoms with E-state index in [9.17, 15) is 8.42 Å². The van der Waals surface area contributed by atoms with E-state index in [-0.39, 0.29) is 10.8 Å². The highest BCUT2D eigenvalue weighted by Gasteiger charge is 2.15. The molecule has 16 heavy (non-hydrogen) atoms. The Hall–Kier alpha value is -0.430. The van der Waals surface area contributed by atoms with Crippen LogP contribution >= 0.6 is 11.3 Å². The summed E-state index contributed by atoms with van der Waals surface area (Å²) in [6.07, 6.45) is 0.817. The molecule has 4 nitrogen and oxygen atoms in total. The number of nitrogens with one attached hydrogen (secondary N) is 1. The number of aliphatic hydroxyl groups is 1. The van der Waals surface area contributed by atoms with Crippen LogP contribution in [0.2, 0.25) is 0 Å². The number of rotatable bonds is 6. The number of thiophene rings is 1. The van der Waals surface area contributed by atoms with Gasteiger partial charge in [-0.3, -0.25) is 0 Å². The first kappa shape index (κ1) is 13.6. The van der Waals surface area contributed by atoms with E-state index in [1.807, 2.05) is 13.8 Å². The Morgan fingerprint density at radius 1 is 1.50 bits per heavy atom. The van der Waals surface area contributed by atoms with Crippen molar-refractivity contribution in [1.82, 2.24) is 4.72 Å². The number of sulfonamides is 1. The third-order valence-corrected chi connectivity index (χ3v) is 5.04. The molecule has 0 spiro atoms. The van der Waals surface area contributed by atoms with Gasteiger partial charge in [0.2, 0.25) is 10.0 Å². The third-order valence-electron chi connectivity index (χ3n) is 2.09. The molecule has 1 aromatic rings. The first-order valence-electron chi connectivity index (χ1n) is 5.13. The van der Waals surface area contributed by atoms with Crippen LogP contribution in [0, 0.1) is 5.92 Å². The molecular formula is C10H17NO3S2. The molecule has 0 radical (unpaired) electrons. The second-order valence-electron chi connectivity index (χ2n) is 4.01. The van der Waals surface area contributed by atoms with E-state index in [0.717, 1.165) is 17.8 Å². The van der Waals surface area contributed by atoms with Gasteiger partial charge in [0.05, 0.1) is 6.61 Å². The Bertz CT molecular complexity index is 423. The zero-order chi connectivity index (χ0) is 12.2.